The first kappa shape index (κ1) is 21.2. The molecule has 3 heterocycles. The van der Waals surface area contributed by atoms with E-state index in [9.17, 15) is 13.2 Å². The number of alkyl halides is 3. The molecule has 4 aromatic rings. The maximum absolute atomic E-state index is 12.6. The quantitative estimate of drug-likeness (QED) is 0.453. The molecule has 0 aliphatic carbocycles. The molecule has 10 heteroatoms. The van der Waals surface area contributed by atoms with Crippen molar-refractivity contribution >= 4 is 10.9 Å². The number of aromatic nitrogens is 4. The van der Waals surface area contributed by atoms with Gasteiger partial charge in [-0.25, -0.2) is 4.98 Å². The van der Waals surface area contributed by atoms with Crippen LogP contribution in [0.15, 0.2) is 54.9 Å². The minimum atomic E-state index is -4.75. The molecule has 7 nitrogen and oxygen atoms in total. The van der Waals surface area contributed by atoms with Crippen molar-refractivity contribution in [3.05, 3.63) is 54.9 Å². The van der Waals surface area contributed by atoms with E-state index in [1.807, 2.05) is 12.1 Å². The zero-order chi connectivity index (χ0) is 22.8. The van der Waals surface area contributed by atoms with Crippen molar-refractivity contribution in [1.82, 2.24) is 25.5 Å². The van der Waals surface area contributed by atoms with E-state index in [0.717, 1.165) is 36.8 Å². The highest BCUT2D eigenvalue weighted by atomic mass is 19.4. The van der Waals surface area contributed by atoms with Crippen LogP contribution < -0.4 is 14.8 Å². The summed E-state index contributed by atoms with van der Waals surface area (Å²) in [5, 5.41) is 11.4. The lowest BCUT2D eigenvalue weighted by Gasteiger charge is -2.23. The Labute approximate surface area is 187 Å². The van der Waals surface area contributed by atoms with Crippen molar-refractivity contribution in [1.29, 1.82) is 0 Å². The second kappa shape index (κ2) is 8.70. The van der Waals surface area contributed by atoms with Crippen molar-refractivity contribution in [2.24, 2.45) is 0 Å². The Kier molecular flexibility index (Phi) is 5.59. The van der Waals surface area contributed by atoms with Crippen LogP contribution in [0.4, 0.5) is 13.2 Å². The molecule has 2 N–H and O–H groups in total. The van der Waals surface area contributed by atoms with E-state index in [1.165, 1.54) is 18.2 Å². The highest BCUT2D eigenvalue weighted by Gasteiger charge is 2.31. The van der Waals surface area contributed by atoms with Crippen molar-refractivity contribution in [3.8, 4) is 34.1 Å². The van der Waals surface area contributed by atoms with Gasteiger partial charge in [-0.2, -0.15) is 5.10 Å². The number of fused-ring (bicyclic) bond motifs is 1. The molecule has 5 rings (SSSR count). The van der Waals surface area contributed by atoms with Crippen LogP contribution in [0.3, 0.4) is 0 Å². The van der Waals surface area contributed by atoms with Gasteiger partial charge in [-0.05, 0) is 54.8 Å². The molecular weight excluding hydrogens is 435 g/mol. The summed E-state index contributed by atoms with van der Waals surface area (Å²) in [4.78, 5) is 8.83. The molecule has 0 spiro atoms. The monoisotopic (exact) mass is 455 g/mol. The summed E-state index contributed by atoms with van der Waals surface area (Å²) < 4.78 is 47.8. The number of aromatic amines is 1. The fourth-order valence-corrected chi connectivity index (χ4v) is 3.87. The van der Waals surface area contributed by atoms with Crippen molar-refractivity contribution in [3.63, 3.8) is 0 Å². The molecule has 1 atom stereocenters. The standard InChI is InChI=1S/C23H20F3N5O2/c24-23(25,26)33-16-4-1-3-14(9-16)15-6-7-19-18(10-15)22(31-30-19)20-12-28-13-21(29-20)32-17-5-2-8-27-11-17/h1,3-4,6-7,9-10,12-13,17,27H,2,5,8,11H2,(H,30,31). The third kappa shape index (κ3) is 4.90. The van der Waals surface area contributed by atoms with Gasteiger partial charge >= 0.3 is 6.36 Å². The van der Waals surface area contributed by atoms with Crippen LogP contribution in [0.2, 0.25) is 0 Å². The zero-order valence-corrected chi connectivity index (χ0v) is 17.4. The molecule has 1 aliphatic rings. The van der Waals surface area contributed by atoms with Crippen LogP contribution in [0, 0.1) is 0 Å². The van der Waals surface area contributed by atoms with Gasteiger partial charge in [0.15, 0.2) is 0 Å². The van der Waals surface area contributed by atoms with Crippen LogP contribution in [0.5, 0.6) is 11.6 Å². The van der Waals surface area contributed by atoms with Crippen molar-refractivity contribution in [2.45, 2.75) is 25.3 Å². The number of halogens is 3. The minimum absolute atomic E-state index is 0.0389. The number of ether oxygens (including phenoxy) is 2. The summed E-state index contributed by atoms with van der Waals surface area (Å²) in [6.07, 6.45) is 0.456. The lowest BCUT2D eigenvalue weighted by atomic mass is 10.0. The third-order valence-corrected chi connectivity index (χ3v) is 5.36. The molecule has 2 aromatic carbocycles. The fourth-order valence-electron chi connectivity index (χ4n) is 3.87. The van der Waals surface area contributed by atoms with Gasteiger partial charge in [-0.1, -0.05) is 18.2 Å². The smallest absolute Gasteiger partial charge is 0.472 e. The first-order valence-electron chi connectivity index (χ1n) is 10.5. The first-order chi connectivity index (χ1) is 15.9. The van der Waals surface area contributed by atoms with Gasteiger partial charge in [-0.15, -0.1) is 13.2 Å². The highest BCUT2D eigenvalue weighted by molar-refractivity contribution is 5.94. The lowest BCUT2D eigenvalue weighted by Crippen LogP contribution is -2.37. The summed E-state index contributed by atoms with van der Waals surface area (Å²) in [7, 11) is 0. The highest BCUT2D eigenvalue weighted by Crippen LogP contribution is 2.32. The number of H-pyrrole nitrogens is 1. The van der Waals surface area contributed by atoms with Crippen LogP contribution in [0.25, 0.3) is 33.4 Å². The summed E-state index contributed by atoms with van der Waals surface area (Å²) in [5.41, 5.74) is 3.18. The molecule has 0 amide bonds. The van der Waals surface area contributed by atoms with Gasteiger partial charge in [0.25, 0.3) is 0 Å². The van der Waals surface area contributed by atoms with Gasteiger partial charge < -0.3 is 14.8 Å². The van der Waals surface area contributed by atoms with Crippen molar-refractivity contribution in [2.75, 3.05) is 13.1 Å². The predicted molar refractivity (Wildman–Crippen MR) is 116 cm³/mol. The Hall–Kier alpha value is -3.66. The Balaban J connectivity index is 1.46. The number of hydrogen-bond acceptors (Lipinski definition) is 6. The number of benzene rings is 2. The Morgan fingerprint density at radius 2 is 1.91 bits per heavy atom. The predicted octanol–water partition coefficient (Wildman–Crippen LogP) is 4.72. The van der Waals surface area contributed by atoms with Gasteiger partial charge in [0.2, 0.25) is 5.88 Å². The van der Waals surface area contributed by atoms with E-state index in [-0.39, 0.29) is 11.9 Å². The Morgan fingerprint density at radius 3 is 2.73 bits per heavy atom. The average molecular weight is 455 g/mol. The first-order valence-corrected chi connectivity index (χ1v) is 10.5. The maximum atomic E-state index is 12.6. The molecule has 1 fully saturated rings. The van der Waals surface area contributed by atoms with E-state index in [0.29, 0.717) is 28.4 Å². The summed E-state index contributed by atoms with van der Waals surface area (Å²) in [5.74, 6) is 0.144. The molecule has 1 unspecified atom stereocenters. The van der Waals surface area contributed by atoms with Gasteiger partial charge in [0.05, 0.1) is 17.9 Å². The number of nitrogens with one attached hydrogen (secondary N) is 2. The molecule has 1 aliphatic heterocycles. The topological polar surface area (TPSA) is 85.0 Å². The minimum Gasteiger partial charge on any atom is -0.472 e. The molecule has 33 heavy (non-hydrogen) atoms. The fraction of sp³-hybridized carbons (Fsp3) is 0.261. The second-order valence-corrected chi connectivity index (χ2v) is 7.74. The van der Waals surface area contributed by atoms with Gasteiger partial charge in [0.1, 0.15) is 23.2 Å². The molecule has 1 saturated heterocycles. The molecule has 0 bridgehead atoms. The van der Waals surface area contributed by atoms with Crippen LogP contribution in [0.1, 0.15) is 12.8 Å². The van der Waals surface area contributed by atoms with E-state index in [1.54, 1.807) is 24.5 Å². The van der Waals surface area contributed by atoms with E-state index >= 15 is 0 Å². The summed E-state index contributed by atoms with van der Waals surface area (Å²) in [6.45, 7) is 1.75. The second-order valence-electron chi connectivity index (χ2n) is 7.74. The number of rotatable bonds is 5. The normalized spacial score (nSPS) is 16.6. The van der Waals surface area contributed by atoms with E-state index < -0.39 is 6.36 Å². The molecule has 170 valence electrons. The molecule has 0 radical (unpaired) electrons. The number of hydrogen-bond donors (Lipinski definition) is 2. The third-order valence-electron chi connectivity index (χ3n) is 5.36. The summed E-state index contributed by atoms with van der Waals surface area (Å²) in [6, 6.07) is 11.3. The van der Waals surface area contributed by atoms with Gasteiger partial charge in [-0.3, -0.25) is 10.1 Å². The van der Waals surface area contributed by atoms with Crippen LogP contribution >= 0.6 is 0 Å². The van der Waals surface area contributed by atoms with E-state index in [2.05, 4.69) is 30.2 Å². The van der Waals surface area contributed by atoms with Crippen LogP contribution in [-0.2, 0) is 0 Å². The molecule has 2 aromatic heterocycles. The zero-order valence-electron chi connectivity index (χ0n) is 17.4. The maximum Gasteiger partial charge on any atom is 0.573 e. The van der Waals surface area contributed by atoms with E-state index in [4.69, 9.17) is 4.74 Å². The lowest BCUT2D eigenvalue weighted by molar-refractivity contribution is -0.274. The largest absolute Gasteiger partial charge is 0.573 e. The average Bonchev–Trinajstić information content (AvgIpc) is 3.22. The van der Waals surface area contributed by atoms with Crippen LogP contribution in [-0.4, -0.2) is 45.7 Å². The Morgan fingerprint density at radius 1 is 1.03 bits per heavy atom. The van der Waals surface area contributed by atoms with Gasteiger partial charge in [0, 0.05) is 11.9 Å². The number of piperidine rings is 1. The molecular formula is C23H20F3N5O2. The molecule has 0 saturated carbocycles. The SMILES string of the molecule is FC(F)(F)Oc1cccc(-c2ccc3[nH]nc(-c4cncc(OC5CCCNC5)n4)c3c2)c1. The van der Waals surface area contributed by atoms with Crippen molar-refractivity contribution < 1.29 is 22.6 Å². The number of nitrogens with zero attached hydrogens (tertiary/aromatic N) is 3. The summed E-state index contributed by atoms with van der Waals surface area (Å²) >= 11 is 0. The Bertz CT molecular complexity index is 1270.